The number of aryl methyl sites for hydroxylation is 1. The molecule has 21 heavy (non-hydrogen) atoms. The molecule has 2 nitrogen and oxygen atoms in total. The second-order valence-corrected chi connectivity index (χ2v) is 6.08. The van der Waals surface area contributed by atoms with Gasteiger partial charge in [0.05, 0.1) is 0 Å². The summed E-state index contributed by atoms with van der Waals surface area (Å²) < 4.78 is 0. The third kappa shape index (κ3) is 4.64. The lowest BCUT2D eigenvalue weighted by Gasteiger charge is -2.06. The second kappa shape index (κ2) is 7.89. The van der Waals surface area contributed by atoms with Gasteiger partial charge >= 0.3 is 0 Å². The zero-order valence-corrected chi connectivity index (χ0v) is 13.2. The summed E-state index contributed by atoms with van der Waals surface area (Å²) in [6.07, 6.45) is 5.78. The van der Waals surface area contributed by atoms with Crippen molar-refractivity contribution >= 4 is 17.7 Å². The maximum absolute atomic E-state index is 11.2. The topological polar surface area (TPSA) is 43.1 Å². The molecule has 0 fully saturated rings. The van der Waals surface area contributed by atoms with Crippen molar-refractivity contribution in [3.8, 4) is 11.1 Å². The molecular weight excluding hydrogens is 278 g/mol. The van der Waals surface area contributed by atoms with Crippen LogP contribution in [0.15, 0.2) is 48.5 Å². The fourth-order valence-corrected chi connectivity index (χ4v) is 2.78. The van der Waals surface area contributed by atoms with E-state index >= 15 is 0 Å². The summed E-state index contributed by atoms with van der Waals surface area (Å²) in [6.45, 7) is 0. The van der Waals surface area contributed by atoms with Gasteiger partial charge in [0.2, 0.25) is 5.91 Å². The van der Waals surface area contributed by atoms with Crippen molar-refractivity contribution < 1.29 is 4.79 Å². The molecule has 2 aromatic rings. The van der Waals surface area contributed by atoms with Crippen molar-refractivity contribution in [2.45, 2.75) is 19.3 Å². The van der Waals surface area contributed by atoms with Gasteiger partial charge in [-0.1, -0.05) is 36.4 Å². The van der Waals surface area contributed by atoms with Gasteiger partial charge in [0.25, 0.3) is 0 Å². The Balaban J connectivity index is 2.04. The highest BCUT2D eigenvalue weighted by molar-refractivity contribution is 7.98. The smallest absolute Gasteiger partial charge is 0.248 e. The van der Waals surface area contributed by atoms with Gasteiger partial charge in [0.15, 0.2) is 0 Å². The van der Waals surface area contributed by atoms with Crippen LogP contribution in [0.4, 0.5) is 0 Å². The minimum atomic E-state index is -0.387. The molecule has 0 spiro atoms. The number of thioether (sulfide) groups is 1. The number of hydrogen-bond acceptors (Lipinski definition) is 2. The van der Waals surface area contributed by atoms with Crippen LogP contribution in [0.3, 0.4) is 0 Å². The van der Waals surface area contributed by atoms with Gasteiger partial charge in [0, 0.05) is 5.56 Å². The molecule has 2 N–H and O–H groups in total. The monoisotopic (exact) mass is 299 g/mol. The number of primary amides is 1. The van der Waals surface area contributed by atoms with Crippen LogP contribution in [0, 0.1) is 0 Å². The van der Waals surface area contributed by atoms with E-state index in [1.54, 1.807) is 6.07 Å². The normalized spacial score (nSPS) is 10.5. The average Bonchev–Trinajstić information content (AvgIpc) is 2.52. The van der Waals surface area contributed by atoms with Gasteiger partial charge in [-0.3, -0.25) is 4.79 Å². The first-order valence-electron chi connectivity index (χ1n) is 7.19. The number of benzene rings is 2. The van der Waals surface area contributed by atoms with Crippen molar-refractivity contribution in [3.63, 3.8) is 0 Å². The molecule has 1 amide bonds. The van der Waals surface area contributed by atoms with Crippen LogP contribution in [-0.2, 0) is 6.42 Å². The zero-order valence-electron chi connectivity index (χ0n) is 12.3. The SMILES string of the molecule is CSCCCCc1ccc(-c2cccc(C(N)=O)c2)cc1. The predicted molar refractivity (Wildman–Crippen MR) is 91.7 cm³/mol. The van der Waals surface area contributed by atoms with E-state index in [4.69, 9.17) is 5.73 Å². The largest absolute Gasteiger partial charge is 0.366 e. The van der Waals surface area contributed by atoms with E-state index in [2.05, 4.69) is 30.5 Å². The van der Waals surface area contributed by atoms with Crippen molar-refractivity contribution in [1.82, 2.24) is 0 Å². The molecule has 0 saturated heterocycles. The van der Waals surface area contributed by atoms with Crippen molar-refractivity contribution in [3.05, 3.63) is 59.7 Å². The summed E-state index contributed by atoms with van der Waals surface area (Å²) in [4.78, 5) is 11.2. The summed E-state index contributed by atoms with van der Waals surface area (Å²) >= 11 is 1.90. The molecule has 0 aromatic heterocycles. The van der Waals surface area contributed by atoms with E-state index in [-0.39, 0.29) is 5.91 Å². The van der Waals surface area contributed by atoms with Crippen LogP contribution < -0.4 is 5.73 Å². The Labute approximate surface area is 130 Å². The second-order valence-electron chi connectivity index (χ2n) is 5.09. The van der Waals surface area contributed by atoms with Crippen LogP contribution in [0.5, 0.6) is 0 Å². The van der Waals surface area contributed by atoms with E-state index in [9.17, 15) is 4.79 Å². The number of carbonyl (C=O) groups excluding carboxylic acids is 1. The van der Waals surface area contributed by atoms with E-state index in [0.29, 0.717) is 5.56 Å². The lowest BCUT2D eigenvalue weighted by atomic mass is 10.00. The molecule has 0 heterocycles. The van der Waals surface area contributed by atoms with E-state index in [0.717, 1.165) is 17.5 Å². The summed E-state index contributed by atoms with van der Waals surface area (Å²) in [7, 11) is 0. The zero-order chi connectivity index (χ0) is 15.1. The lowest BCUT2D eigenvalue weighted by Crippen LogP contribution is -2.10. The van der Waals surface area contributed by atoms with Crippen LogP contribution >= 0.6 is 11.8 Å². The van der Waals surface area contributed by atoms with Gasteiger partial charge in [-0.05, 0) is 60.1 Å². The highest BCUT2D eigenvalue weighted by Gasteiger charge is 2.03. The number of hydrogen-bond donors (Lipinski definition) is 1. The van der Waals surface area contributed by atoms with E-state index in [1.807, 2.05) is 30.0 Å². The van der Waals surface area contributed by atoms with Crippen molar-refractivity contribution in [1.29, 1.82) is 0 Å². The Hall–Kier alpha value is -1.74. The first-order chi connectivity index (χ1) is 10.2. The fraction of sp³-hybridized carbons (Fsp3) is 0.278. The van der Waals surface area contributed by atoms with E-state index in [1.165, 1.54) is 24.2 Å². The number of unbranched alkanes of at least 4 members (excludes halogenated alkanes) is 1. The minimum Gasteiger partial charge on any atom is -0.366 e. The Morgan fingerprint density at radius 3 is 2.48 bits per heavy atom. The summed E-state index contributed by atoms with van der Waals surface area (Å²) in [5.74, 6) is 0.847. The van der Waals surface area contributed by atoms with Crippen molar-refractivity contribution in [2.24, 2.45) is 5.73 Å². The van der Waals surface area contributed by atoms with Gasteiger partial charge in [-0.15, -0.1) is 0 Å². The third-order valence-corrected chi connectivity index (χ3v) is 4.20. The van der Waals surface area contributed by atoms with Crippen LogP contribution in [0.2, 0.25) is 0 Å². The summed E-state index contributed by atoms with van der Waals surface area (Å²) in [5.41, 5.74) is 9.38. The van der Waals surface area contributed by atoms with Gasteiger partial charge in [-0.25, -0.2) is 0 Å². The highest BCUT2D eigenvalue weighted by Crippen LogP contribution is 2.21. The quantitative estimate of drug-likeness (QED) is 0.781. The summed E-state index contributed by atoms with van der Waals surface area (Å²) in [5, 5.41) is 0. The molecule has 0 bridgehead atoms. The molecule has 3 heteroatoms. The predicted octanol–water partition coefficient (Wildman–Crippen LogP) is 4.14. The van der Waals surface area contributed by atoms with Crippen LogP contribution in [0.25, 0.3) is 11.1 Å². The number of amides is 1. The molecule has 0 aliphatic rings. The Morgan fingerprint density at radius 2 is 1.81 bits per heavy atom. The third-order valence-electron chi connectivity index (χ3n) is 3.50. The minimum absolute atomic E-state index is 0.387. The first kappa shape index (κ1) is 15.6. The van der Waals surface area contributed by atoms with Gasteiger partial charge in [-0.2, -0.15) is 11.8 Å². The van der Waals surface area contributed by atoms with E-state index < -0.39 is 0 Å². The number of carbonyl (C=O) groups is 1. The molecule has 2 aromatic carbocycles. The number of nitrogens with two attached hydrogens (primary N) is 1. The summed E-state index contributed by atoms with van der Waals surface area (Å²) in [6, 6.07) is 16.0. The number of rotatable bonds is 7. The Kier molecular flexibility index (Phi) is 5.88. The molecule has 0 aliphatic heterocycles. The standard InChI is InChI=1S/C18H21NOS/c1-21-12-3-2-5-14-8-10-15(11-9-14)16-6-4-7-17(13-16)18(19)20/h4,6-11,13H,2-3,5,12H2,1H3,(H2,19,20). The molecule has 0 aliphatic carbocycles. The van der Waals surface area contributed by atoms with Crippen molar-refractivity contribution in [2.75, 3.05) is 12.0 Å². The van der Waals surface area contributed by atoms with Crippen LogP contribution in [-0.4, -0.2) is 17.9 Å². The Morgan fingerprint density at radius 1 is 1.05 bits per heavy atom. The van der Waals surface area contributed by atoms with Gasteiger partial charge < -0.3 is 5.73 Å². The van der Waals surface area contributed by atoms with Crippen LogP contribution in [0.1, 0.15) is 28.8 Å². The molecule has 0 atom stereocenters. The Bertz CT molecular complexity index is 592. The molecule has 110 valence electrons. The first-order valence-corrected chi connectivity index (χ1v) is 8.58. The average molecular weight is 299 g/mol. The fourth-order valence-electron chi connectivity index (χ4n) is 2.29. The lowest BCUT2D eigenvalue weighted by molar-refractivity contribution is 0.100. The molecule has 2 rings (SSSR count). The molecule has 0 saturated carbocycles. The molecular formula is C18H21NOS. The van der Waals surface area contributed by atoms with Gasteiger partial charge in [0.1, 0.15) is 0 Å². The maximum atomic E-state index is 11.2. The highest BCUT2D eigenvalue weighted by atomic mass is 32.2. The molecule has 0 unspecified atom stereocenters. The molecule has 0 radical (unpaired) electrons. The maximum Gasteiger partial charge on any atom is 0.248 e.